The van der Waals surface area contributed by atoms with Crippen molar-refractivity contribution in [2.75, 3.05) is 24.6 Å². The molecule has 94 valence electrons. The van der Waals surface area contributed by atoms with Crippen LogP contribution in [0.3, 0.4) is 0 Å². The third kappa shape index (κ3) is 2.61. The molecular weight excluding hydrogens is 262 g/mol. The third-order valence-corrected chi connectivity index (χ3v) is 4.37. The van der Waals surface area contributed by atoms with E-state index in [-0.39, 0.29) is 10.7 Å². The van der Waals surface area contributed by atoms with Gasteiger partial charge in [-0.25, -0.2) is 9.88 Å². The first-order valence-electron chi connectivity index (χ1n) is 5.05. The smallest absolute Gasteiger partial charge is 0.281 e. The minimum atomic E-state index is -2.11. The van der Waals surface area contributed by atoms with Crippen LogP contribution < -0.4 is 5.73 Å². The van der Waals surface area contributed by atoms with Gasteiger partial charge in [-0.15, -0.1) is 11.3 Å². The maximum Gasteiger partial charge on any atom is 0.281 e. The lowest BCUT2D eigenvalue weighted by molar-refractivity contribution is -0.273. The lowest BCUT2D eigenvalue weighted by atomic mass is 10.3. The van der Waals surface area contributed by atoms with E-state index in [1.165, 1.54) is 10.3 Å². The van der Waals surface area contributed by atoms with Crippen LogP contribution in [0.15, 0.2) is 5.38 Å². The summed E-state index contributed by atoms with van der Waals surface area (Å²) >= 11 is 2.78. The quantitative estimate of drug-likeness (QED) is 0.636. The van der Waals surface area contributed by atoms with Gasteiger partial charge in [0.25, 0.3) is 11.8 Å². The van der Waals surface area contributed by atoms with Crippen molar-refractivity contribution in [1.82, 2.24) is 9.88 Å². The molecule has 0 unspecified atom stereocenters. The van der Waals surface area contributed by atoms with Crippen molar-refractivity contribution in [2.45, 2.75) is 5.91 Å². The Morgan fingerprint density at radius 3 is 2.65 bits per heavy atom. The number of rotatable bonds is 3. The number of primary amides is 1. The van der Waals surface area contributed by atoms with E-state index in [0.717, 1.165) is 22.8 Å². The maximum absolute atomic E-state index is 10.9. The van der Waals surface area contributed by atoms with E-state index in [4.69, 9.17) is 5.73 Å². The van der Waals surface area contributed by atoms with Crippen LogP contribution in [-0.2, 0) is 5.91 Å². The topological polar surface area (TPSA) is 99.7 Å². The number of carbonyl (C=O) groups is 1. The summed E-state index contributed by atoms with van der Waals surface area (Å²) in [5.41, 5.74) is 5.13. The van der Waals surface area contributed by atoms with Gasteiger partial charge in [-0.3, -0.25) is 4.79 Å². The number of nitrogens with zero attached hydrogens (tertiary/aromatic N) is 2. The monoisotopic (exact) mass is 275 g/mol. The van der Waals surface area contributed by atoms with E-state index in [2.05, 4.69) is 4.98 Å². The highest BCUT2D eigenvalue weighted by molar-refractivity contribution is 7.99. The Kier molecular flexibility index (Phi) is 3.69. The number of thiazole rings is 1. The fourth-order valence-corrected chi connectivity index (χ4v) is 3.28. The Morgan fingerprint density at radius 1 is 1.47 bits per heavy atom. The molecule has 4 N–H and O–H groups in total. The van der Waals surface area contributed by atoms with E-state index < -0.39 is 11.8 Å². The summed E-state index contributed by atoms with van der Waals surface area (Å²) in [6.45, 7) is 1.15. The number of nitrogens with two attached hydrogens (primary N) is 1. The first kappa shape index (κ1) is 12.8. The van der Waals surface area contributed by atoms with Crippen molar-refractivity contribution in [1.29, 1.82) is 0 Å². The van der Waals surface area contributed by atoms with Gasteiger partial charge in [-0.2, -0.15) is 11.8 Å². The minimum absolute atomic E-state index is 0.0591. The zero-order valence-electron chi connectivity index (χ0n) is 9.00. The molecule has 1 aliphatic rings. The Balaban J connectivity index is 2.20. The molecule has 0 bridgehead atoms. The summed E-state index contributed by atoms with van der Waals surface area (Å²) in [4.78, 5) is 16.3. The van der Waals surface area contributed by atoms with Gasteiger partial charge in [0.05, 0.1) is 0 Å². The molecule has 1 fully saturated rings. The molecule has 1 saturated heterocycles. The second-order valence-corrected chi connectivity index (χ2v) is 5.72. The fraction of sp³-hybridized carbons (Fsp3) is 0.556. The average molecular weight is 275 g/mol. The molecule has 0 radical (unpaired) electrons. The molecule has 1 aliphatic heterocycles. The molecule has 0 atom stereocenters. The zero-order valence-corrected chi connectivity index (χ0v) is 10.6. The van der Waals surface area contributed by atoms with Gasteiger partial charge in [-0.05, 0) is 0 Å². The highest BCUT2D eigenvalue weighted by Gasteiger charge is 2.38. The molecule has 0 aliphatic carbocycles. The van der Waals surface area contributed by atoms with Crippen LogP contribution in [-0.4, -0.2) is 50.6 Å². The van der Waals surface area contributed by atoms with E-state index in [9.17, 15) is 15.0 Å². The van der Waals surface area contributed by atoms with Gasteiger partial charge < -0.3 is 15.9 Å². The molecule has 2 heterocycles. The average Bonchev–Trinajstić information content (AvgIpc) is 2.80. The van der Waals surface area contributed by atoms with Crippen molar-refractivity contribution in [3.05, 3.63) is 16.1 Å². The van der Waals surface area contributed by atoms with Crippen molar-refractivity contribution < 1.29 is 15.0 Å². The first-order chi connectivity index (χ1) is 8.01. The van der Waals surface area contributed by atoms with E-state index in [1.807, 2.05) is 0 Å². The van der Waals surface area contributed by atoms with E-state index in [1.54, 1.807) is 11.8 Å². The summed E-state index contributed by atoms with van der Waals surface area (Å²) in [5.74, 6) is -1.09. The first-order valence-corrected chi connectivity index (χ1v) is 7.08. The highest BCUT2D eigenvalue weighted by Crippen LogP contribution is 2.28. The van der Waals surface area contributed by atoms with Crippen molar-refractivity contribution >= 4 is 29.0 Å². The summed E-state index contributed by atoms with van der Waals surface area (Å²) in [7, 11) is 0. The van der Waals surface area contributed by atoms with Gasteiger partial charge in [0.2, 0.25) is 0 Å². The zero-order chi connectivity index (χ0) is 12.5. The largest absolute Gasteiger partial charge is 0.364 e. The molecule has 2 rings (SSSR count). The number of aromatic nitrogens is 1. The van der Waals surface area contributed by atoms with Crippen molar-refractivity contribution in [3.63, 3.8) is 0 Å². The molecule has 1 amide bonds. The Morgan fingerprint density at radius 2 is 2.12 bits per heavy atom. The van der Waals surface area contributed by atoms with Crippen LogP contribution in [0.2, 0.25) is 0 Å². The van der Waals surface area contributed by atoms with Gasteiger partial charge in [0, 0.05) is 30.0 Å². The predicted octanol–water partition coefficient (Wildman–Crippen LogP) is -0.614. The van der Waals surface area contributed by atoms with Crippen LogP contribution >= 0.6 is 23.1 Å². The van der Waals surface area contributed by atoms with Crippen LogP contribution in [0.25, 0.3) is 0 Å². The van der Waals surface area contributed by atoms with E-state index >= 15 is 0 Å². The van der Waals surface area contributed by atoms with Gasteiger partial charge in [0.1, 0.15) is 5.69 Å². The Hall–Kier alpha value is -0.670. The second kappa shape index (κ2) is 4.91. The standard InChI is InChI=1S/C9H13N3O3S2/c10-7(13)6-5-17-8(11-6)9(14,15)12-1-3-16-4-2-12/h5,14-15H,1-4H2,(H2,10,13). The predicted molar refractivity (Wildman–Crippen MR) is 65.6 cm³/mol. The SMILES string of the molecule is NC(=O)c1csc(C(O)(O)N2CCSCC2)n1. The number of hydrogen-bond acceptors (Lipinski definition) is 7. The summed E-state index contributed by atoms with van der Waals surface area (Å²) < 4.78 is 0. The fourth-order valence-electron chi connectivity index (χ4n) is 1.55. The van der Waals surface area contributed by atoms with Crippen LogP contribution in [0.4, 0.5) is 0 Å². The maximum atomic E-state index is 10.9. The summed E-state index contributed by atoms with van der Waals surface area (Å²) in [6.07, 6.45) is 0. The lowest BCUT2D eigenvalue weighted by Gasteiger charge is -2.35. The Labute approximate surface area is 106 Å². The Bertz CT molecular complexity index is 415. The molecule has 0 saturated carbocycles. The van der Waals surface area contributed by atoms with Gasteiger partial charge >= 0.3 is 0 Å². The number of aliphatic hydroxyl groups is 2. The van der Waals surface area contributed by atoms with E-state index in [0.29, 0.717) is 13.1 Å². The summed E-state index contributed by atoms with van der Waals surface area (Å²) in [6, 6.07) is 0. The number of amides is 1. The van der Waals surface area contributed by atoms with Crippen molar-refractivity contribution in [2.24, 2.45) is 5.73 Å². The van der Waals surface area contributed by atoms with Gasteiger partial charge in [0.15, 0.2) is 5.01 Å². The number of carbonyl (C=O) groups excluding carboxylic acids is 1. The minimum Gasteiger partial charge on any atom is -0.364 e. The van der Waals surface area contributed by atoms with Gasteiger partial charge in [-0.1, -0.05) is 0 Å². The molecule has 1 aromatic heterocycles. The molecule has 8 heteroatoms. The molecule has 0 aromatic carbocycles. The van der Waals surface area contributed by atoms with Crippen LogP contribution in [0.1, 0.15) is 15.5 Å². The normalized spacial score (nSPS) is 18.2. The number of thioether (sulfide) groups is 1. The molecule has 6 nitrogen and oxygen atoms in total. The van der Waals surface area contributed by atoms with Crippen molar-refractivity contribution in [3.8, 4) is 0 Å². The van der Waals surface area contributed by atoms with Crippen LogP contribution in [0.5, 0.6) is 0 Å². The third-order valence-electron chi connectivity index (χ3n) is 2.50. The highest BCUT2D eigenvalue weighted by atomic mass is 32.2. The lowest BCUT2D eigenvalue weighted by Crippen LogP contribution is -2.50. The molecular formula is C9H13N3O3S2. The second-order valence-electron chi connectivity index (χ2n) is 3.64. The van der Waals surface area contributed by atoms with Crippen LogP contribution in [0, 0.1) is 0 Å². The molecule has 1 aromatic rings. The summed E-state index contributed by atoms with van der Waals surface area (Å²) in [5, 5.41) is 21.7. The number of hydrogen-bond donors (Lipinski definition) is 3. The molecule has 17 heavy (non-hydrogen) atoms. The molecule has 0 spiro atoms.